The lowest BCUT2D eigenvalue weighted by molar-refractivity contribution is 0.394. The Labute approximate surface area is 106 Å². The smallest absolute Gasteiger partial charge is 0.135 e. The molecule has 0 aliphatic heterocycles. The van der Waals surface area contributed by atoms with E-state index in [-0.39, 0.29) is 5.41 Å². The summed E-state index contributed by atoms with van der Waals surface area (Å²) < 4.78 is 6.70. The Morgan fingerprint density at radius 1 is 1.27 bits per heavy atom. The Hall–Kier alpha value is -0.250. The maximum atomic E-state index is 5.49. The summed E-state index contributed by atoms with van der Waals surface area (Å²) in [6, 6.07) is 4.47. The normalized spacial score (nSPS) is 11.6. The van der Waals surface area contributed by atoms with Crippen molar-refractivity contribution in [2.75, 3.05) is 7.11 Å². The van der Waals surface area contributed by atoms with Gasteiger partial charge in [-0.25, -0.2) is 0 Å². The van der Waals surface area contributed by atoms with Crippen molar-refractivity contribution in [1.82, 2.24) is 0 Å². The maximum absolute atomic E-state index is 5.49. The molecule has 1 nitrogen and oxygen atoms in total. The van der Waals surface area contributed by atoms with E-state index in [1.54, 1.807) is 7.11 Å². The lowest BCUT2D eigenvalue weighted by Crippen LogP contribution is -2.14. The minimum absolute atomic E-state index is 0.135. The van der Waals surface area contributed by atoms with E-state index in [1.165, 1.54) is 14.7 Å². The maximum Gasteiger partial charge on any atom is 0.135 e. The van der Waals surface area contributed by atoms with Crippen LogP contribution >= 0.6 is 22.6 Å². The van der Waals surface area contributed by atoms with Crippen LogP contribution in [0.5, 0.6) is 5.75 Å². The highest BCUT2D eigenvalue weighted by molar-refractivity contribution is 14.1. The first-order valence-corrected chi connectivity index (χ1v) is 6.35. The monoisotopic (exact) mass is 318 g/mol. The molecule has 1 aromatic rings. The molecule has 0 spiro atoms. The van der Waals surface area contributed by atoms with E-state index >= 15 is 0 Å². The minimum atomic E-state index is 0.135. The Morgan fingerprint density at radius 3 is 2.27 bits per heavy atom. The Balaban J connectivity index is 3.39. The van der Waals surface area contributed by atoms with Crippen LogP contribution in [0.4, 0.5) is 0 Å². The summed E-state index contributed by atoms with van der Waals surface area (Å²) in [5, 5.41) is 0. The standard InChI is InChI=1S/C13H19IO/c1-6-9-7-10(13(2,3)4)12(15-5)11(14)8-9/h7-8H,6H2,1-5H3. The van der Waals surface area contributed by atoms with E-state index in [0.717, 1.165) is 12.2 Å². The molecule has 84 valence electrons. The molecule has 15 heavy (non-hydrogen) atoms. The van der Waals surface area contributed by atoms with Gasteiger partial charge in [0.1, 0.15) is 5.75 Å². The zero-order valence-corrected chi connectivity index (χ0v) is 12.3. The highest BCUT2D eigenvalue weighted by Crippen LogP contribution is 2.35. The molecule has 1 rings (SSSR count). The Bertz CT molecular complexity index is 350. The molecule has 0 aromatic heterocycles. The van der Waals surface area contributed by atoms with Crippen LogP contribution in [0.15, 0.2) is 12.1 Å². The van der Waals surface area contributed by atoms with Gasteiger partial charge in [-0.2, -0.15) is 0 Å². The van der Waals surface area contributed by atoms with E-state index in [0.29, 0.717) is 0 Å². The van der Waals surface area contributed by atoms with Gasteiger partial charge in [-0.15, -0.1) is 0 Å². The fourth-order valence-corrected chi connectivity index (χ4v) is 2.53. The third-order valence-electron chi connectivity index (χ3n) is 2.52. The van der Waals surface area contributed by atoms with Crippen LogP contribution in [-0.4, -0.2) is 7.11 Å². The quantitative estimate of drug-likeness (QED) is 0.744. The van der Waals surface area contributed by atoms with Crippen molar-refractivity contribution in [3.63, 3.8) is 0 Å². The molecular weight excluding hydrogens is 299 g/mol. The SMILES string of the molecule is CCc1cc(I)c(OC)c(C(C)(C)C)c1. The third kappa shape index (κ3) is 2.86. The van der Waals surface area contributed by atoms with E-state index in [9.17, 15) is 0 Å². The van der Waals surface area contributed by atoms with Crippen molar-refractivity contribution in [2.24, 2.45) is 0 Å². The molecule has 0 N–H and O–H groups in total. The van der Waals surface area contributed by atoms with E-state index in [2.05, 4.69) is 62.4 Å². The van der Waals surface area contributed by atoms with Crippen molar-refractivity contribution >= 4 is 22.6 Å². The molecule has 0 amide bonds. The van der Waals surface area contributed by atoms with Crippen LogP contribution in [0, 0.1) is 3.57 Å². The number of halogens is 1. The van der Waals surface area contributed by atoms with Crippen molar-refractivity contribution in [1.29, 1.82) is 0 Å². The largest absolute Gasteiger partial charge is 0.495 e. The predicted octanol–water partition coefficient (Wildman–Crippen LogP) is 4.16. The van der Waals surface area contributed by atoms with Crippen LogP contribution in [0.1, 0.15) is 38.8 Å². The zero-order valence-electron chi connectivity index (χ0n) is 10.1. The van der Waals surface area contributed by atoms with Gasteiger partial charge in [0.25, 0.3) is 0 Å². The van der Waals surface area contributed by atoms with Crippen LogP contribution < -0.4 is 4.74 Å². The highest BCUT2D eigenvalue weighted by Gasteiger charge is 2.21. The van der Waals surface area contributed by atoms with Gasteiger partial charge >= 0.3 is 0 Å². The number of hydrogen-bond donors (Lipinski definition) is 0. The van der Waals surface area contributed by atoms with Crippen molar-refractivity contribution < 1.29 is 4.74 Å². The molecule has 1 aromatic carbocycles. The average Bonchev–Trinajstić information content (AvgIpc) is 2.15. The summed E-state index contributed by atoms with van der Waals surface area (Å²) in [4.78, 5) is 0. The summed E-state index contributed by atoms with van der Waals surface area (Å²) in [5.74, 6) is 1.03. The molecule has 0 radical (unpaired) electrons. The predicted molar refractivity (Wildman–Crippen MR) is 73.8 cm³/mol. The molecule has 0 fully saturated rings. The second kappa shape index (κ2) is 4.73. The zero-order chi connectivity index (χ0) is 11.6. The summed E-state index contributed by atoms with van der Waals surface area (Å²) in [6.07, 6.45) is 1.07. The minimum Gasteiger partial charge on any atom is -0.495 e. The first-order valence-electron chi connectivity index (χ1n) is 5.27. The van der Waals surface area contributed by atoms with Crippen molar-refractivity contribution in [3.05, 3.63) is 26.8 Å². The number of methoxy groups -OCH3 is 1. The summed E-state index contributed by atoms with van der Waals surface area (Å²) in [7, 11) is 1.75. The molecule has 0 atom stereocenters. The van der Waals surface area contributed by atoms with E-state index < -0.39 is 0 Å². The number of rotatable bonds is 2. The second-order valence-electron chi connectivity index (χ2n) is 4.76. The fraction of sp³-hybridized carbons (Fsp3) is 0.538. The van der Waals surface area contributed by atoms with Crippen LogP contribution in [0.2, 0.25) is 0 Å². The first-order chi connectivity index (χ1) is 6.90. The molecular formula is C13H19IO. The van der Waals surface area contributed by atoms with Crippen LogP contribution in [0.3, 0.4) is 0 Å². The Kier molecular flexibility index (Phi) is 4.04. The lowest BCUT2D eigenvalue weighted by Gasteiger charge is -2.23. The van der Waals surface area contributed by atoms with Gasteiger partial charge in [0, 0.05) is 5.56 Å². The average molecular weight is 318 g/mol. The van der Waals surface area contributed by atoms with Crippen LogP contribution in [-0.2, 0) is 11.8 Å². The molecule has 0 saturated carbocycles. The van der Waals surface area contributed by atoms with Gasteiger partial charge in [0.15, 0.2) is 0 Å². The van der Waals surface area contributed by atoms with Crippen molar-refractivity contribution in [2.45, 2.75) is 39.5 Å². The van der Waals surface area contributed by atoms with Gasteiger partial charge in [-0.1, -0.05) is 33.8 Å². The summed E-state index contributed by atoms with van der Waals surface area (Å²) in [5.41, 5.74) is 2.81. The van der Waals surface area contributed by atoms with Gasteiger partial charge < -0.3 is 4.74 Å². The fourth-order valence-electron chi connectivity index (χ4n) is 1.62. The van der Waals surface area contributed by atoms with Gasteiger partial charge in [0.05, 0.1) is 10.7 Å². The third-order valence-corrected chi connectivity index (χ3v) is 3.33. The van der Waals surface area contributed by atoms with Crippen LogP contribution in [0.25, 0.3) is 0 Å². The highest BCUT2D eigenvalue weighted by atomic mass is 127. The second-order valence-corrected chi connectivity index (χ2v) is 5.92. The van der Waals surface area contributed by atoms with Crippen molar-refractivity contribution in [3.8, 4) is 5.75 Å². The first kappa shape index (κ1) is 12.8. The lowest BCUT2D eigenvalue weighted by atomic mass is 9.85. The van der Waals surface area contributed by atoms with Gasteiger partial charge in [0.2, 0.25) is 0 Å². The molecule has 0 unspecified atom stereocenters. The van der Waals surface area contributed by atoms with E-state index in [4.69, 9.17) is 4.74 Å². The molecule has 0 saturated heterocycles. The number of aryl methyl sites for hydroxylation is 1. The number of benzene rings is 1. The number of ether oxygens (including phenoxy) is 1. The molecule has 0 aliphatic rings. The summed E-state index contributed by atoms with van der Waals surface area (Å²) >= 11 is 2.35. The van der Waals surface area contributed by atoms with Gasteiger partial charge in [-0.3, -0.25) is 0 Å². The molecule has 0 aliphatic carbocycles. The van der Waals surface area contributed by atoms with Gasteiger partial charge in [-0.05, 0) is 46.1 Å². The molecule has 0 bridgehead atoms. The summed E-state index contributed by atoms with van der Waals surface area (Å²) in [6.45, 7) is 8.85. The molecule has 0 heterocycles. The number of hydrogen-bond acceptors (Lipinski definition) is 1. The van der Waals surface area contributed by atoms with E-state index in [1.807, 2.05) is 0 Å². The topological polar surface area (TPSA) is 9.23 Å². The molecule has 2 heteroatoms. The Morgan fingerprint density at radius 2 is 1.87 bits per heavy atom.